The molecule has 0 aliphatic heterocycles. The number of aromatic nitrogens is 2. The molecule has 1 rings (SSSR count). The highest BCUT2D eigenvalue weighted by atomic mass is 79.9. The third kappa shape index (κ3) is 4.26. The Morgan fingerprint density at radius 2 is 1.71 bits per heavy atom. The van der Waals surface area contributed by atoms with Crippen LogP contribution in [0.25, 0.3) is 0 Å². The zero-order valence-corrected chi connectivity index (χ0v) is 12.7. The van der Waals surface area contributed by atoms with Crippen LogP contribution in [0.1, 0.15) is 40.5 Å². The van der Waals surface area contributed by atoms with Crippen LogP contribution in [-0.2, 0) is 0 Å². The van der Waals surface area contributed by atoms with E-state index in [4.69, 9.17) is 0 Å². The van der Waals surface area contributed by atoms with Gasteiger partial charge in [-0.1, -0.05) is 27.7 Å². The van der Waals surface area contributed by atoms with Gasteiger partial charge in [0.15, 0.2) is 0 Å². The van der Waals surface area contributed by atoms with Crippen molar-refractivity contribution in [1.82, 2.24) is 9.97 Å². The maximum atomic E-state index is 4.42. The molecule has 0 amide bonds. The van der Waals surface area contributed by atoms with Crippen LogP contribution in [0.5, 0.6) is 0 Å². The highest BCUT2D eigenvalue weighted by molar-refractivity contribution is 9.10. The van der Waals surface area contributed by atoms with Crippen LogP contribution in [0, 0.1) is 5.92 Å². The summed E-state index contributed by atoms with van der Waals surface area (Å²) in [4.78, 5) is 11.2. The molecule has 3 nitrogen and oxygen atoms in total. The lowest BCUT2D eigenvalue weighted by Crippen LogP contribution is -2.38. The Labute approximate surface area is 113 Å². The van der Waals surface area contributed by atoms with E-state index in [9.17, 15) is 0 Å². The maximum absolute atomic E-state index is 4.42. The Kier molecular flexibility index (Phi) is 5.89. The second-order valence-electron chi connectivity index (χ2n) is 4.72. The molecule has 17 heavy (non-hydrogen) atoms. The summed E-state index contributed by atoms with van der Waals surface area (Å²) >= 11 is 3.37. The van der Waals surface area contributed by atoms with Crippen LogP contribution in [-0.4, -0.2) is 22.6 Å². The minimum atomic E-state index is 0.526. The summed E-state index contributed by atoms with van der Waals surface area (Å²) in [7, 11) is 0. The Morgan fingerprint density at radius 1 is 1.18 bits per heavy atom. The summed E-state index contributed by atoms with van der Waals surface area (Å²) in [5.41, 5.74) is 0. The second-order valence-corrected chi connectivity index (χ2v) is 5.63. The number of nitrogens with zero attached hydrogens (tertiary/aromatic N) is 3. The number of hydrogen-bond acceptors (Lipinski definition) is 3. The van der Waals surface area contributed by atoms with Gasteiger partial charge in [-0.15, -0.1) is 0 Å². The minimum Gasteiger partial charge on any atom is -0.338 e. The molecule has 0 atom stereocenters. The van der Waals surface area contributed by atoms with E-state index in [1.54, 1.807) is 0 Å². The molecule has 1 aromatic rings. The molecule has 0 bridgehead atoms. The van der Waals surface area contributed by atoms with Crippen molar-refractivity contribution in [3.05, 3.63) is 16.9 Å². The SMILES string of the molecule is CCC(CC)N(CC(C)C)c1ncc(Br)cn1. The standard InChI is InChI=1S/C13H22BrN3/c1-5-12(6-2)17(9-10(3)4)13-15-7-11(14)8-16-13/h7-8,10,12H,5-6,9H2,1-4H3. The largest absolute Gasteiger partial charge is 0.338 e. The van der Waals surface area contributed by atoms with E-state index in [0.717, 1.165) is 29.8 Å². The van der Waals surface area contributed by atoms with Crippen molar-refractivity contribution in [2.24, 2.45) is 5.92 Å². The van der Waals surface area contributed by atoms with E-state index in [1.807, 2.05) is 12.4 Å². The van der Waals surface area contributed by atoms with Gasteiger partial charge < -0.3 is 4.90 Å². The number of rotatable bonds is 6. The normalized spacial score (nSPS) is 11.2. The van der Waals surface area contributed by atoms with Crippen LogP contribution < -0.4 is 4.90 Å². The second kappa shape index (κ2) is 6.94. The lowest BCUT2D eigenvalue weighted by Gasteiger charge is -2.32. The Bertz CT molecular complexity index is 320. The molecule has 1 heterocycles. The van der Waals surface area contributed by atoms with E-state index in [1.165, 1.54) is 0 Å². The Morgan fingerprint density at radius 3 is 2.12 bits per heavy atom. The number of hydrogen-bond donors (Lipinski definition) is 0. The first-order chi connectivity index (χ1) is 8.08. The smallest absolute Gasteiger partial charge is 0.225 e. The molecule has 0 N–H and O–H groups in total. The summed E-state index contributed by atoms with van der Waals surface area (Å²) in [6.45, 7) is 9.91. The first-order valence-electron chi connectivity index (χ1n) is 6.32. The molecule has 0 aliphatic rings. The molecular formula is C13H22BrN3. The van der Waals surface area contributed by atoms with Gasteiger partial charge in [0.05, 0.1) is 4.47 Å². The summed E-state index contributed by atoms with van der Waals surface area (Å²) < 4.78 is 0.926. The van der Waals surface area contributed by atoms with Crippen molar-refractivity contribution in [2.75, 3.05) is 11.4 Å². The summed E-state index contributed by atoms with van der Waals surface area (Å²) in [6.07, 6.45) is 5.89. The van der Waals surface area contributed by atoms with Crippen molar-refractivity contribution < 1.29 is 0 Å². The average molecular weight is 300 g/mol. The lowest BCUT2D eigenvalue weighted by atomic mass is 10.1. The van der Waals surface area contributed by atoms with E-state index in [2.05, 4.69) is 58.5 Å². The highest BCUT2D eigenvalue weighted by Crippen LogP contribution is 2.18. The molecule has 0 spiro atoms. The molecule has 1 aromatic heterocycles. The predicted molar refractivity (Wildman–Crippen MR) is 76.3 cm³/mol. The van der Waals surface area contributed by atoms with Gasteiger partial charge in [-0.05, 0) is 34.7 Å². The Hall–Kier alpha value is -0.640. The van der Waals surface area contributed by atoms with E-state index < -0.39 is 0 Å². The average Bonchev–Trinajstić information content (AvgIpc) is 2.30. The monoisotopic (exact) mass is 299 g/mol. The highest BCUT2D eigenvalue weighted by Gasteiger charge is 2.18. The molecule has 0 saturated carbocycles. The van der Waals surface area contributed by atoms with Crippen LogP contribution in [0.4, 0.5) is 5.95 Å². The van der Waals surface area contributed by atoms with Gasteiger partial charge in [-0.25, -0.2) is 9.97 Å². The van der Waals surface area contributed by atoms with Gasteiger partial charge in [0.1, 0.15) is 0 Å². The van der Waals surface area contributed by atoms with Crippen molar-refractivity contribution in [3.63, 3.8) is 0 Å². The molecule has 0 radical (unpaired) electrons. The fourth-order valence-corrected chi connectivity index (χ4v) is 2.18. The molecule has 0 saturated heterocycles. The molecule has 96 valence electrons. The lowest BCUT2D eigenvalue weighted by molar-refractivity contribution is 0.498. The molecular weight excluding hydrogens is 278 g/mol. The van der Waals surface area contributed by atoms with Gasteiger partial charge in [0.25, 0.3) is 0 Å². The zero-order chi connectivity index (χ0) is 12.8. The molecule has 0 unspecified atom stereocenters. The van der Waals surface area contributed by atoms with Crippen LogP contribution in [0.15, 0.2) is 16.9 Å². The summed E-state index contributed by atoms with van der Waals surface area (Å²) in [6, 6.07) is 0.526. The maximum Gasteiger partial charge on any atom is 0.225 e. The van der Waals surface area contributed by atoms with Crippen LogP contribution in [0.3, 0.4) is 0 Å². The number of halogens is 1. The fraction of sp³-hybridized carbons (Fsp3) is 0.692. The summed E-state index contributed by atoms with van der Waals surface area (Å²) in [5.74, 6) is 1.46. The molecule has 0 fully saturated rings. The van der Waals surface area contributed by atoms with Crippen molar-refractivity contribution >= 4 is 21.9 Å². The van der Waals surface area contributed by atoms with Gasteiger partial charge in [-0.3, -0.25) is 0 Å². The quantitative estimate of drug-likeness (QED) is 0.798. The van der Waals surface area contributed by atoms with Gasteiger partial charge in [-0.2, -0.15) is 0 Å². The van der Waals surface area contributed by atoms with E-state index in [0.29, 0.717) is 12.0 Å². The van der Waals surface area contributed by atoms with Gasteiger partial charge >= 0.3 is 0 Å². The molecule has 0 aliphatic carbocycles. The van der Waals surface area contributed by atoms with Crippen LogP contribution >= 0.6 is 15.9 Å². The summed E-state index contributed by atoms with van der Waals surface area (Å²) in [5, 5.41) is 0. The van der Waals surface area contributed by atoms with Gasteiger partial charge in [0.2, 0.25) is 5.95 Å². The van der Waals surface area contributed by atoms with Gasteiger partial charge in [0, 0.05) is 25.0 Å². The fourth-order valence-electron chi connectivity index (χ4n) is 1.97. The van der Waals surface area contributed by atoms with E-state index >= 15 is 0 Å². The van der Waals surface area contributed by atoms with E-state index in [-0.39, 0.29) is 0 Å². The molecule has 4 heteroatoms. The first kappa shape index (κ1) is 14.4. The Balaban J connectivity index is 2.92. The van der Waals surface area contributed by atoms with Crippen molar-refractivity contribution in [1.29, 1.82) is 0 Å². The third-order valence-electron chi connectivity index (χ3n) is 2.81. The number of anilines is 1. The van der Waals surface area contributed by atoms with Crippen molar-refractivity contribution in [2.45, 2.75) is 46.6 Å². The third-order valence-corrected chi connectivity index (χ3v) is 3.22. The van der Waals surface area contributed by atoms with Crippen molar-refractivity contribution in [3.8, 4) is 0 Å². The van der Waals surface area contributed by atoms with Crippen LogP contribution in [0.2, 0.25) is 0 Å². The zero-order valence-electron chi connectivity index (χ0n) is 11.2. The minimum absolute atomic E-state index is 0.526. The first-order valence-corrected chi connectivity index (χ1v) is 7.11. The molecule has 0 aromatic carbocycles. The predicted octanol–water partition coefficient (Wildman–Crippen LogP) is 3.89. The topological polar surface area (TPSA) is 29.0 Å².